The Balaban J connectivity index is 1.20. The highest BCUT2D eigenvalue weighted by atomic mass is 15.1. The fraction of sp³-hybridized carbons (Fsp3) is 0.0800. The van der Waals surface area contributed by atoms with Gasteiger partial charge >= 0.3 is 0 Å². The first-order valence-electron chi connectivity index (χ1n) is 18.5. The van der Waals surface area contributed by atoms with Crippen molar-refractivity contribution in [3.8, 4) is 39.6 Å². The molecule has 0 saturated heterocycles. The molecule has 0 radical (unpaired) electrons. The van der Waals surface area contributed by atoms with Gasteiger partial charge in [-0.15, -0.1) is 0 Å². The standard InChI is InChI=1S/C50H40N4/c1-33-15-13-17-37(27-33)45-32-46(52-50(51-45)38-18-14-16-34(2)28-38)49-35(3)29-42(30-36(49)4)54-47-24-12-11-23-43(47)44-31-41(25-26-48(44)54)53(39-19-7-5-8-20-39)40-21-9-6-10-22-40/h5-32H,1-4H3. The van der Waals surface area contributed by atoms with Crippen LogP contribution in [0.5, 0.6) is 0 Å². The Bertz CT molecular complexity index is 2690. The van der Waals surface area contributed by atoms with Crippen LogP contribution in [0.4, 0.5) is 17.1 Å². The summed E-state index contributed by atoms with van der Waals surface area (Å²) in [5.74, 6) is 0.730. The number of anilines is 3. The lowest BCUT2D eigenvalue weighted by atomic mass is 9.97. The molecule has 0 bridgehead atoms. The Labute approximate surface area is 316 Å². The zero-order valence-corrected chi connectivity index (χ0v) is 31.0. The van der Waals surface area contributed by atoms with Gasteiger partial charge in [-0.25, -0.2) is 9.97 Å². The second kappa shape index (κ2) is 13.6. The van der Waals surface area contributed by atoms with Gasteiger partial charge < -0.3 is 9.47 Å². The van der Waals surface area contributed by atoms with Gasteiger partial charge in [-0.05, 0) is 118 Å². The minimum atomic E-state index is 0.730. The molecule has 0 amide bonds. The SMILES string of the molecule is Cc1cccc(-c2cc(-c3c(C)cc(-n4c5ccccc5c5cc(N(c6ccccc6)c6ccccc6)ccc54)cc3C)nc(-c3cccc(C)c3)n2)c1. The van der Waals surface area contributed by atoms with E-state index in [1.54, 1.807) is 0 Å². The maximum atomic E-state index is 5.23. The number of para-hydroxylation sites is 3. The molecule has 0 aliphatic heterocycles. The number of hydrogen-bond donors (Lipinski definition) is 0. The summed E-state index contributed by atoms with van der Waals surface area (Å²) in [6, 6.07) is 60.5. The van der Waals surface area contributed by atoms with Crippen molar-refractivity contribution in [2.24, 2.45) is 0 Å². The molecule has 0 N–H and O–H groups in total. The first-order chi connectivity index (χ1) is 26.4. The molecule has 9 rings (SSSR count). The van der Waals surface area contributed by atoms with E-state index in [4.69, 9.17) is 9.97 Å². The van der Waals surface area contributed by atoms with Crippen LogP contribution in [-0.4, -0.2) is 14.5 Å². The molecule has 4 heteroatoms. The monoisotopic (exact) mass is 696 g/mol. The van der Waals surface area contributed by atoms with Crippen LogP contribution in [0, 0.1) is 27.7 Å². The van der Waals surface area contributed by atoms with E-state index in [2.05, 4.69) is 207 Å². The highest BCUT2D eigenvalue weighted by Gasteiger charge is 2.20. The largest absolute Gasteiger partial charge is 0.310 e. The van der Waals surface area contributed by atoms with Gasteiger partial charge in [0.1, 0.15) is 0 Å². The molecule has 9 aromatic rings. The van der Waals surface area contributed by atoms with Crippen molar-refractivity contribution in [1.82, 2.24) is 14.5 Å². The summed E-state index contributed by atoms with van der Waals surface area (Å²) in [6.45, 7) is 8.64. The van der Waals surface area contributed by atoms with Gasteiger partial charge in [0.05, 0.1) is 22.4 Å². The quantitative estimate of drug-likeness (QED) is 0.166. The average Bonchev–Trinajstić information content (AvgIpc) is 3.52. The van der Waals surface area contributed by atoms with Gasteiger partial charge in [0.15, 0.2) is 5.82 Å². The molecule has 4 nitrogen and oxygen atoms in total. The van der Waals surface area contributed by atoms with Crippen molar-refractivity contribution in [3.63, 3.8) is 0 Å². The molecule has 0 saturated carbocycles. The Kier molecular flexibility index (Phi) is 8.36. The molecular formula is C50H40N4. The van der Waals surface area contributed by atoms with E-state index in [9.17, 15) is 0 Å². The van der Waals surface area contributed by atoms with E-state index < -0.39 is 0 Å². The molecule has 0 fully saturated rings. The van der Waals surface area contributed by atoms with Crippen molar-refractivity contribution >= 4 is 38.9 Å². The van der Waals surface area contributed by atoms with Crippen molar-refractivity contribution in [2.75, 3.05) is 4.90 Å². The number of hydrogen-bond acceptors (Lipinski definition) is 3. The topological polar surface area (TPSA) is 34.0 Å². The van der Waals surface area contributed by atoms with Gasteiger partial charge in [-0.3, -0.25) is 0 Å². The number of aromatic nitrogens is 3. The Hall–Kier alpha value is -6.78. The third-order valence-corrected chi connectivity index (χ3v) is 10.3. The molecule has 0 aliphatic rings. The van der Waals surface area contributed by atoms with E-state index >= 15 is 0 Å². The van der Waals surface area contributed by atoms with Crippen LogP contribution in [-0.2, 0) is 0 Å². The number of rotatable bonds is 7. The Morgan fingerprint density at radius 2 is 1.00 bits per heavy atom. The zero-order valence-electron chi connectivity index (χ0n) is 31.0. The summed E-state index contributed by atoms with van der Waals surface area (Å²) >= 11 is 0. The maximum absolute atomic E-state index is 5.23. The lowest BCUT2D eigenvalue weighted by molar-refractivity contribution is 1.14. The Morgan fingerprint density at radius 1 is 0.426 bits per heavy atom. The van der Waals surface area contributed by atoms with Gasteiger partial charge in [0.25, 0.3) is 0 Å². The summed E-state index contributed by atoms with van der Waals surface area (Å²) in [5.41, 5.74) is 16.6. The lowest BCUT2D eigenvalue weighted by Gasteiger charge is -2.25. The summed E-state index contributed by atoms with van der Waals surface area (Å²) in [5, 5.41) is 2.43. The van der Waals surface area contributed by atoms with Gasteiger partial charge in [0, 0.05) is 50.2 Å². The molecule has 0 unspecified atom stereocenters. The predicted molar refractivity (Wildman–Crippen MR) is 226 cm³/mol. The molecule has 7 aromatic carbocycles. The van der Waals surface area contributed by atoms with Crippen molar-refractivity contribution in [3.05, 3.63) is 192 Å². The van der Waals surface area contributed by atoms with Crippen LogP contribution >= 0.6 is 0 Å². The number of benzene rings is 7. The molecule has 0 atom stereocenters. The first kappa shape index (κ1) is 33.1. The fourth-order valence-corrected chi connectivity index (χ4v) is 7.89. The summed E-state index contributed by atoms with van der Waals surface area (Å²) < 4.78 is 2.41. The van der Waals surface area contributed by atoms with Crippen LogP contribution < -0.4 is 4.90 Å². The van der Waals surface area contributed by atoms with Crippen LogP contribution in [0.15, 0.2) is 170 Å². The molecule has 0 spiro atoms. The molecule has 2 aromatic heterocycles. The number of nitrogens with zero attached hydrogens (tertiary/aromatic N) is 4. The van der Waals surface area contributed by atoms with Gasteiger partial charge in [-0.2, -0.15) is 0 Å². The second-order valence-corrected chi connectivity index (χ2v) is 14.2. The van der Waals surface area contributed by atoms with E-state index in [0.717, 1.165) is 73.3 Å². The minimum Gasteiger partial charge on any atom is -0.310 e. The maximum Gasteiger partial charge on any atom is 0.160 e. The highest BCUT2D eigenvalue weighted by Crippen LogP contribution is 2.41. The normalized spacial score (nSPS) is 11.3. The van der Waals surface area contributed by atoms with Gasteiger partial charge in [-0.1, -0.05) is 102 Å². The van der Waals surface area contributed by atoms with Crippen LogP contribution in [0.25, 0.3) is 61.4 Å². The molecule has 2 heterocycles. The number of fused-ring (bicyclic) bond motifs is 3. The third kappa shape index (κ3) is 6.02. The van der Waals surface area contributed by atoms with E-state index in [1.165, 1.54) is 27.4 Å². The van der Waals surface area contributed by atoms with Crippen LogP contribution in [0.1, 0.15) is 22.3 Å². The molecule has 260 valence electrons. The van der Waals surface area contributed by atoms with Crippen LogP contribution in [0.3, 0.4) is 0 Å². The molecule has 0 aliphatic carbocycles. The van der Waals surface area contributed by atoms with Crippen molar-refractivity contribution in [1.29, 1.82) is 0 Å². The zero-order chi connectivity index (χ0) is 36.8. The minimum absolute atomic E-state index is 0.730. The smallest absolute Gasteiger partial charge is 0.160 e. The van der Waals surface area contributed by atoms with E-state index in [-0.39, 0.29) is 0 Å². The average molecular weight is 697 g/mol. The van der Waals surface area contributed by atoms with Crippen LogP contribution in [0.2, 0.25) is 0 Å². The van der Waals surface area contributed by atoms with Crippen molar-refractivity contribution in [2.45, 2.75) is 27.7 Å². The fourth-order valence-electron chi connectivity index (χ4n) is 7.89. The first-order valence-corrected chi connectivity index (χ1v) is 18.5. The highest BCUT2D eigenvalue weighted by molar-refractivity contribution is 6.10. The Morgan fingerprint density at radius 3 is 1.67 bits per heavy atom. The summed E-state index contributed by atoms with van der Waals surface area (Å²) in [7, 11) is 0. The van der Waals surface area contributed by atoms with Crippen molar-refractivity contribution < 1.29 is 0 Å². The van der Waals surface area contributed by atoms with Gasteiger partial charge in [0.2, 0.25) is 0 Å². The number of aryl methyl sites for hydroxylation is 4. The second-order valence-electron chi connectivity index (χ2n) is 14.2. The molecule has 54 heavy (non-hydrogen) atoms. The lowest BCUT2D eigenvalue weighted by Crippen LogP contribution is -2.09. The predicted octanol–water partition coefficient (Wildman–Crippen LogP) is 13.3. The summed E-state index contributed by atoms with van der Waals surface area (Å²) in [6.07, 6.45) is 0. The van der Waals surface area contributed by atoms with E-state index in [1.807, 2.05) is 0 Å². The molecular weight excluding hydrogens is 657 g/mol. The third-order valence-electron chi connectivity index (χ3n) is 10.3. The van der Waals surface area contributed by atoms with E-state index in [0.29, 0.717) is 0 Å². The summed E-state index contributed by atoms with van der Waals surface area (Å²) in [4.78, 5) is 12.7.